The lowest BCUT2D eigenvalue weighted by atomic mass is 10.2. The Balaban J connectivity index is 1.46. The molecule has 0 bridgehead atoms. The van der Waals surface area contributed by atoms with E-state index >= 15 is 0 Å². The average Bonchev–Trinajstić information content (AvgIpc) is 3.37. The first-order valence-electron chi connectivity index (χ1n) is 9.78. The molecule has 1 N–H and O–H groups in total. The zero-order valence-corrected chi connectivity index (χ0v) is 18.9. The highest BCUT2D eigenvalue weighted by molar-refractivity contribution is 7.15. The Bertz CT molecular complexity index is 1430. The highest BCUT2D eigenvalue weighted by atomic mass is 35.5. The van der Waals surface area contributed by atoms with E-state index in [1.54, 1.807) is 55.5 Å². The van der Waals surface area contributed by atoms with Gasteiger partial charge in [0.1, 0.15) is 12.1 Å². The van der Waals surface area contributed by atoms with Crippen LogP contribution >= 0.6 is 22.9 Å². The number of amides is 1. The van der Waals surface area contributed by atoms with Gasteiger partial charge in [0, 0.05) is 16.3 Å². The third kappa shape index (κ3) is 5.18. The van der Waals surface area contributed by atoms with Gasteiger partial charge in [-0.3, -0.25) is 9.59 Å². The monoisotopic (exact) mass is 484 g/mol. The van der Waals surface area contributed by atoms with Crippen LogP contribution in [-0.2, 0) is 9.53 Å². The van der Waals surface area contributed by atoms with Crippen molar-refractivity contribution >= 4 is 51.5 Å². The lowest BCUT2D eigenvalue weighted by molar-refractivity contribution is -0.118. The molecule has 9 nitrogen and oxygen atoms in total. The fourth-order valence-electron chi connectivity index (χ4n) is 2.93. The second-order valence-corrected chi connectivity index (χ2v) is 8.13. The summed E-state index contributed by atoms with van der Waals surface area (Å²) in [6.07, 6.45) is 2.94. The highest BCUT2D eigenvalue weighted by Crippen LogP contribution is 2.24. The maximum Gasteiger partial charge on any atom is 0.338 e. The number of carbonyl (C=O) groups excluding carboxylic acids is 2. The summed E-state index contributed by atoms with van der Waals surface area (Å²) in [6.45, 7) is 1.74. The van der Waals surface area contributed by atoms with Crippen molar-refractivity contribution in [2.45, 2.75) is 6.92 Å². The number of carbonyl (C=O) groups is 2. The van der Waals surface area contributed by atoms with E-state index in [2.05, 4.69) is 15.4 Å². The molecule has 0 fully saturated rings. The van der Waals surface area contributed by atoms with Gasteiger partial charge in [-0.05, 0) is 55.5 Å². The molecular weight excluding hydrogens is 468 g/mol. The SMILES string of the molecule is CCOC(=O)c1ccc(NC(=O)COc2ccc(Cl)cc2C=c2sc3ncnn3c2=O)cc1. The van der Waals surface area contributed by atoms with E-state index in [9.17, 15) is 14.4 Å². The minimum absolute atomic E-state index is 0.276. The third-order valence-electron chi connectivity index (χ3n) is 4.42. The van der Waals surface area contributed by atoms with Gasteiger partial charge in [0.05, 0.1) is 16.7 Å². The topological polar surface area (TPSA) is 112 Å². The summed E-state index contributed by atoms with van der Waals surface area (Å²) in [7, 11) is 0. The maximum absolute atomic E-state index is 12.4. The first kappa shape index (κ1) is 22.4. The summed E-state index contributed by atoms with van der Waals surface area (Å²) in [5.41, 5.74) is 1.13. The van der Waals surface area contributed by atoms with Gasteiger partial charge in [0.25, 0.3) is 11.5 Å². The number of halogens is 1. The number of rotatable bonds is 7. The van der Waals surface area contributed by atoms with Crippen LogP contribution in [0, 0.1) is 0 Å². The molecule has 0 aliphatic rings. The lowest BCUT2D eigenvalue weighted by Crippen LogP contribution is -2.24. The molecule has 168 valence electrons. The standard InChI is InChI=1S/C22H17ClN4O5S/c1-2-31-21(30)13-3-6-16(7-4-13)26-19(28)11-32-17-8-5-15(23)9-14(17)10-18-20(29)27-22(33-18)24-12-25-27/h3-10,12H,2,11H2,1H3,(H,26,28). The van der Waals surface area contributed by atoms with Gasteiger partial charge in [0.15, 0.2) is 6.61 Å². The Kier molecular flexibility index (Phi) is 6.66. The molecule has 4 rings (SSSR count). The first-order valence-corrected chi connectivity index (χ1v) is 11.0. The third-order valence-corrected chi connectivity index (χ3v) is 5.63. The summed E-state index contributed by atoms with van der Waals surface area (Å²) < 4.78 is 12.2. The smallest absolute Gasteiger partial charge is 0.338 e. The molecule has 11 heteroatoms. The number of thiazole rings is 1. The van der Waals surface area contributed by atoms with Crippen molar-refractivity contribution in [3.63, 3.8) is 0 Å². The van der Waals surface area contributed by atoms with Crippen LogP contribution in [0.1, 0.15) is 22.8 Å². The van der Waals surface area contributed by atoms with Gasteiger partial charge in [0.2, 0.25) is 4.96 Å². The molecule has 0 spiro atoms. The summed E-state index contributed by atoms with van der Waals surface area (Å²) in [6, 6.07) is 11.2. The summed E-state index contributed by atoms with van der Waals surface area (Å²) in [5, 5.41) is 7.04. The van der Waals surface area contributed by atoms with Crippen LogP contribution in [-0.4, -0.2) is 39.7 Å². The Morgan fingerprint density at radius 1 is 1.21 bits per heavy atom. The number of benzene rings is 2. The van der Waals surface area contributed by atoms with Crippen LogP contribution in [0.15, 0.2) is 53.6 Å². The van der Waals surface area contributed by atoms with Crippen molar-refractivity contribution in [1.82, 2.24) is 14.6 Å². The number of esters is 1. The molecule has 1 amide bonds. The number of aromatic nitrogens is 3. The minimum atomic E-state index is -0.429. The molecule has 2 heterocycles. The van der Waals surface area contributed by atoms with Crippen LogP contribution in [0.3, 0.4) is 0 Å². The van der Waals surface area contributed by atoms with Crippen LogP contribution in [0.25, 0.3) is 11.0 Å². The van der Waals surface area contributed by atoms with Crippen LogP contribution < -0.4 is 20.1 Å². The Labute approximate surface area is 196 Å². The van der Waals surface area contributed by atoms with Gasteiger partial charge in [-0.15, -0.1) is 0 Å². The maximum atomic E-state index is 12.4. The van der Waals surface area contributed by atoms with E-state index in [0.717, 1.165) is 0 Å². The van der Waals surface area contributed by atoms with Crippen molar-refractivity contribution in [3.05, 3.63) is 79.8 Å². The van der Waals surface area contributed by atoms with Crippen molar-refractivity contribution in [3.8, 4) is 5.75 Å². The van der Waals surface area contributed by atoms with Gasteiger partial charge in [-0.25, -0.2) is 9.78 Å². The Morgan fingerprint density at radius 2 is 2.00 bits per heavy atom. The molecule has 0 radical (unpaired) electrons. The predicted molar refractivity (Wildman–Crippen MR) is 124 cm³/mol. The van der Waals surface area contributed by atoms with Crippen molar-refractivity contribution in [2.24, 2.45) is 0 Å². The van der Waals surface area contributed by atoms with E-state index in [0.29, 0.717) is 37.1 Å². The van der Waals surface area contributed by atoms with Gasteiger partial charge in [-0.1, -0.05) is 22.9 Å². The normalized spacial score (nSPS) is 11.5. The fraction of sp³-hybridized carbons (Fsp3) is 0.136. The average molecular weight is 485 g/mol. The van der Waals surface area contributed by atoms with Gasteiger partial charge >= 0.3 is 5.97 Å². The first-order chi connectivity index (χ1) is 15.9. The number of hydrogen-bond donors (Lipinski definition) is 1. The van der Waals surface area contributed by atoms with Gasteiger partial charge in [-0.2, -0.15) is 9.61 Å². The molecule has 0 saturated carbocycles. The molecule has 2 aromatic heterocycles. The van der Waals surface area contributed by atoms with Crippen LogP contribution in [0.4, 0.5) is 5.69 Å². The molecule has 4 aromatic rings. The molecule has 0 saturated heterocycles. The number of hydrogen-bond acceptors (Lipinski definition) is 8. The molecular formula is C22H17ClN4O5S. The van der Waals surface area contributed by atoms with E-state index in [-0.39, 0.29) is 18.8 Å². The molecule has 33 heavy (non-hydrogen) atoms. The lowest BCUT2D eigenvalue weighted by Gasteiger charge is -2.10. The van der Waals surface area contributed by atoms with Gasteiger partial charge < -0.3 is 14.8 Å². The largest absolute Gasteiger partial charge is 0.483 e. The molecule has 0 unspecified atom stereocenters. The van der Waals surface area contributed by atoms with E-state index in [1.807, 2.05) is 0 Å². The zero-order valence-electron chi connectivity index (χ0n) is 17.3. The number of nitrogens with one attached hydrogen (secondary N) is 1. The quantitative estimate of drug-likeness (QED) is 0.401. The number of fused-ring (bicyclic) bond motifs is 1. The Morgan fingerprint density at radius 3 is 2.73 bits per heavy atom. The van der Waals surface area contributed by atoms with E-state index in [4.69, 9.17) is 21.1 Å². The minimum Gasteiger partial charge on any atom is -0.483 e. The summed E-state index contributed by atoms with van der Waals surface area (Å²) >= 11 is 7.30. The second kappa shape index (κ2) is 9.80. The van der Waals surface area contributed by atoms with Crippen molar-refractivity contribution in [1.29, 1.82) is 0 Å². The van der Waals surface area contributed by atoms with E-state index < -0.39 is 11.9 Å². The molecule has 0 atom stereocenters. The molecule has 0 aliphatic carbocycles. The highest BCUT2D eigenvalue weighted by Gasteiger charge is 2.11. The summed E-state index contributed by atoms with van der Waals surface area (Å²) in [4.78, 5) is 41.0. The van der Waals surface area contributed by atoms with Crippen molar-refractivity contribution in [2.75, 3.05) is 18.5 Å². The second-order valence-electron chi connectivity index (χ2n) is 6.69. The number of anilines is 1. The Hall–Kier alpha value is -3.76. The summed E-state index contributed by atoms with van der Waals surface area (Å²) in [5.74, 6) is -0.449. The van der Waals surface area contributed by atoms with E-state index in [1.165, 1.54) is 22.2 Å². The molecule has 2 aromatic carbocycles. The predicted octanol–water partition coefficient (Wildman–Crippen LogP) is 2.55. The van der Waals surface area contributed by atoms with Crippen LogP contribution in [0.5, 0.6) is 5.75 Å². The zero-order chi connectivity index (χ0) is 23.4. The fourth-order valence-corrected chi connectivity index (χ4v) is 3.98. The molecule has 0 aliphatic heterocycles. The van der Waals surface area contributed by atoms with Crippen molar-refractivity contribution < 1.29 is 19.1 Å². The van der Waals surface area contributed by atoms with Crippen LogP contribution in [0.2, 0.25) is 5.02 Å². The number of nitrogens with zero attached hydrogens (tertiary/aromatic N) is 3. The number of ether oxygens (including phenoxy) is 2.